The van der Waals surface area contributed by atoms with E-state index in [1.165, 1.54) is 22.3 Å². The first-order valence-electron chi connectivity index (χ1n) is 8.69. The molecule has 6 nitrogen and oxygen atoms in total. The molecule has 0 atom stereocenters. The number of nitrogens with two attached hydrogens (primary N) is 1. The van der Waals surface area contributed by atoms with Gasteiger partial charge >= 0.3 is 0 Å². The van der Waals surface area contributed by atoms with Crippen molar-refractivity contribution < 1.29 is 13.2 Å². The van der Waals surface area contributed by atoms with Crippen LogP contribution in [0.25, 0.3) is 0 Å². The highest BCUT2D eigenvalue weighted by Crippen LogP contribution is 2.25. The summed E-state index contributed by atoms with van der Waals surface area (Å²) >= 11 is 0. The van der Waals surface area contributed by atoms with Crippen molar-refractivity contribution in [3.05, 3.63) is 60.2 Å². The Morgan fingerprint density at radius 1 is 1.00 bits per heavy atom. The van der Waals surface area contributed by atoms with Gasteiger partial charge in [-0.05, 0) is 36.2 Å². The van der Waals surface area contributed by atoms with Gasteiger partial charge < -0.3 is 10.6 Å². The van der Waals surface area contributed by atoms with Crippen LogP contribution in [0.3, 0.4) is 0 Å². The minimum absolute atomic E-state index is 0. The van der Waals surface area contributed by atoms with E-state index >= 15 is 0 Å². The largest absolute Gasteiger partial charge is 0.341 e. The van der Waals surface area contributed by atoms with Gasteiger partial charge in [-0.2, -0.15) is 0 Å². The van der Waals surface area contributed by atoms with Crippen molar-refractivity contribution in [1.29, 1.82) is 0 Å². The van der Waals surface area contributed by atoms with E-state index in [9.17, 15) is 13.2 Å². The van der Waals surface area contributed by atoms with Gasteiger partial charge in [-0.3, -0.25) is 9.10 Å². The van der Waals surface area contributed by atoms with Crippen molar-refractivity contribution >= 4 is 34.0 Å². The van der Waals surface area contributed by atoms with E-state index in [2.05, 4.69) is 0 Å². The number of rotatable bonds is 7. The summed E-state index contributed by atoms with van der Waals surface area (Å²) in [5, 5.41) is 0. The predicted molar refractivity (Wildman–Crippen MR) is 116 cm³/mol. The molecule has 0 unspecified atom stereocenters. The standard InChI is InChI=1S/C20H27N3O3S.ClH/c1-20(2,14-21)15-22(3)19(24)17-12-8-9-13-18(17)27(25,26)23(4)16-10-6-5-7-11-16;/h5-13H,14-15,21H2,1-4H3;1H. The lowest BCUT2D eigenvalue weighted by Crippen LogP contribution is -2.40. The van der Waals surface area contributed by atoms with Crippen LogP contribution in [0, 0.1) is 5.41 Å². The zero-order valence-corrected chi connectivity index (χ0v) is 18.3. The molecule has 28 heavy (non-hydrogen) atoms. The van der Waals surface area contributed by atoms with Crippen molar-refractivity contribution in [2.45, 2.75) is 18.7 Å². The van der Waals surface area contributed by atoms with Gasteiger partial charge in [-0.15, -0.1) is 12.4 Å². The number of anilines is 1. The number of carbonyl (C=O) groups is 1. The first-order chi connectivity index (χ1) is 12.6. The van der Waals surface area contributed by atoms with Crippen LogP contribution >= 0.6 is 12.4 Å². The maximum absolute atomic E-state index is 13.2. The molecule has 2 aromatic rings. The van der Waals surface area contributed by atoms with Crippen LogP contribution in [0.5, 0.6) is 0 Å². The third-order valence-corrected chi connectivity index (χ3v) is 6.28. The molecular formula is C20H28ClN3O3S. The second-order valence-electron chi connectivity index (χ2n) is 7.33. The average Bonchev–Trinajstić information content (AvgIpc) is 2.67. The molecule has 0 fully saturated rings. The number of sulfonamides is 1. The molecule has 154 valence electrons. The van der Waals surface area contributed by atoms with Gasteiger partial charge in [0, 0.05) is 20.6 Å². The molecule has 0 aliphatic heterocycles. The Bertz CT molecular complexity index is 902. The molecule has 0 saturated heterocycles. The van der Waals surface area contributed by atoms with E-state index in [0.29, 0.717) is 18.8 Å². The van der Waals surface area contributed by atoms with E-state index in [0.717, 1.165) is 0 Å². The summed E-state index contributed by atoms with van der Waals surface area (Å²) < 4.78 is 27.5. The first-order valence-corrected chi connectivity index (χ1v) is 10.1. The number of nitrogens with zero attached hydrogens (tertiary/aromatic N) is 2. The molecule has 0 bridgehead atoms. The minimum Gasteiger partial charge on any atom is -0.341 e. The first kappa shape index (κ1) is 23.9. The predicted octanol–water partition coefficient (Wildman–Crippen LogP) is 2.99. The van der Waals surface area contributed by atoms with Gasteiger partial charge in [0.15, 0.2) is 0 Å². The van der Waals surface area contributed by atoms with Crippen LogP contribution in [0.15, 0.2) is 59.5 Å². The Balaban J connectivity index is 0.00000392. The van der Waals surface area contributed by atoms with Crippen LogP contribution < -0.4 is 10.0 Å². The second-order valence-corrected chi connectivity index (χ2v) is 9.27. The molecule has 2 N–H and O–H groups in total. The fraction of sp³-hybridized carbons (Fsp3) is 0.350. The molecule has 0 aliphatic rings. The van der Waals surface area contributed by atoms with Crippen molar-refractivity contribution in [2.75, 3.05) is 31.5 Å². The summed E-state index contributed by atoms with van der Waals surface area (Å²) in [6, 6.07) is 15.0. The van der Waals surface area contributed by atoms with E-state index in [4.69, 9.17) is 5.73 Å². The van der Waals surface area contributed by atoms with Gasteiger partial charge in [-0.1, -0.05) is 44.2 Å². The topological polar surface area (TPSA) is 83.7 Å². The summed E-state index contributed by atoms with van der Waals surface area (Å²) in [4.78, 5) is 14.5. The van der Waals surface area contributed by atoms with Crippen LogP contribution in [0.2, 0.25) is 0 Å². The van der Waals surface area contributed by atoms with Crippen LogP contribution in [-0.4, -0.2) is 46.4 Å². The Kier molecular flexibility index (Phi) is 8.05. The molecule has 0 spiro atoms. The Hall–Kier alpha value is -2.09. The van der Waals surface area contributed by atoms with Gasteiger partial charge in [0.25, 0.3) is 15.9 Å². The van der Waals surface area contributed by atoms with E-state index in [-0.39, 0.29) is 34.2 Å². The van der Waals surface area contributed by atoms with Gasteiger partial charge in [0.05, 0.1) is 11.3 Å². The molecule has 1 amide bonds. The Labute approximate surface area is 173 Å². The van der Waals surface area contributed by atoms with Crippen molar-refractivity contribution in [3.63, 3.8) is 0 Å². The van der Waals surface area contributed by atoms with Crippen molar-refractivity contribution in [3.8, 4) is 0 Å². The van der Waals surface area contributed by atoms with E-state index in [1.54, 1.807) is 49.5 Å². The maximum atomic E-state index is 13.2. The summed E-state index contributed by atoms with van der Waals surface area (Å²) in [6.45, 7) is 4.76. The molecule has 0 heterocycles. The lowest BCUT2D eigenvalue weighted by molar-refractivity contribution is 0.0736. The molecule has 8 heteroatoms. The third-order valence-electron chi connectivity index (χ3n) is 4.44. The minimum atomic E-state index is -3.89. The maximum Gasteiger partial charge on any atom is 0.264 e. The van der Waals surface area contributed by atoms with Crippen molar-refractivity contribution in [2.24, 2.45) is 11.1 Å². The zero-order valence-electron chi connectivity index (χ0n) is 16.6. The van der Waals surface area contributed by atoms with Crippen molar-refractivity contribution in [1.82, 2.24) is 4.90 Å². The SMILES string of the molecule is CN(CC(C)(C)CN)C(=O)c1ccccc1S(=O)(=O)N(C)c1ccccc1.Cl. The normalized spacial score (nSPS) is 11.5. The fourth-order valence-electron chi connectivity index (χ4n) is 2.78. The van der Waals surface area contributed by atoms with E-state index in [1.807, 2.05) is 19.9 Å². The van der Waals surface area contributed by atoms with Crippen LogP contribution in [0.4, 0.5) is 5.69 Å². The van der Waals surface area contributed by atoms with Gasteiger partial charge in [0.2, 0.25) is 0 Å². The number of hydrogen-bond acceptors (Lipinski definition) is 4. The number of amides is 1. The number of carbonyl (C=O) groups excluding carboxylic acids is 1. The second kappa shape index (κ2) is 9.41. The third kappa shape index (κ3) is 5.25. The molecule has 0 radical (unpaired) electrons. The van der Waals surface area contributed by atoms with E-state index < -0.39 is 10.0 Å². The number of halogens is 1. The summed E-state index contributed by atoms with van der Waals surface area (Å²) in [5.41, 5.74) is 6.17. The fourth-order valence-corrected chi connectivity index (χ4v) is 4.15. The monoisotopic (exact) mass is 425 g/mol. The number of benzene rings is 2. The highest BCUT2D eigenvalue weighted by Gasteiger charge is 2.29. The van der Waals surface area contributed by atoms with Gasteiger partial charge in [-0.25, -0.2) is 8.42 Å². The number of para-hydroxylation sites is 1. The molecule has 2 rings (SSSR count). The quantitative estimate of drug-likeness (QED) is 0.739. The highest BCUT2D eigenvalue weighted by atomic mass is 35.5. The molecule has 2 aromatic carbocycles. The summed E-state index contributed by atoms with van der Waals surface area (Å²) in [7, 11) is -0.753. The summed E-state index contributed by atoms with van der Waals surface area (Å²) in [5.74, 6) is -0.350. The Morgan fingerprint density at radius 3 is 2.11 bits per heavy atom. The summed E-state index contributed by atoms with van der Waals surface area (Å²) in [6.07, 6.45) is 0. The van der Waals surface area contributed by atoms with Gasteiger partial charge in [0.1, 0.15) is 4.90 Å². The highest BCUT2D eigenvalue weighted by molar-refractivity contribution is 7.92. The lowest BCUT2D eigenvalue weighted by Gasteiger charge is -2.29. The molecule has 0 aromatic heterocycles. The molecule has 0 saturated carbocycles. The lowest BCUT2D eigenvalue weighted by atomic mass is 9.93. The Morgan fingerprint density at radius 2 is 1.54 bits per heavy atom. The van der Waals surface area contributed by atoms with Crippen LogP contribution in [-0.2, 0) is 10.0 Å². The smallest absolute Gasteiger partial charge is 0.264 e. The molecular weight excluding hydrogens is 398 g/mol. The number of hydrogen-bond donors (Lipinski definition) is 1. The zero-order chi connectivity index (χ0) is 20.2. The van der Waals surface area contributed by atoms with Crippen LogP contribution in [0.1, 0.15) is 24.2 Å². The average molecular weight is 426 g/mol. The molecule has 0 aliphatic carbocycles.